The molecule has 0 aliphatic rings. The first-order valence-electron chi connectivity index (χ1n) is 12.1. The fraction of sp³-hybridized carbons (Fsp3) is 0.0645. The third-order valence-corrected chi connectivity index (χ3v) is 6.68. The van der Waals surface area contributed by atoms with Crippen molar-refractivity contribution in [1.29, 1.82) is 0 Å². The van der Waals surface area contributed by atoms with Crippen molar-refractivity contribution in [3.8, 4) is 28.2 Å². The number of para-hydroxylation sites is 2. The lowest BCUT2D eigenvalue weighted by Crippen LogP contribution is -2.00. The van der Waals surface area contributed by atoms with E-state index in [0.29, 0.717) is 11.3 Å². The lowest BCUT2D eigenvalue weighted by atomic mass is 9.97. The van der Waals surface area contributed by atoms with Crippen molar-refractivity contribution in [2.24, 2.45) is 0 Å². The van der Waals surface area contributed by atoms with Gasteiger partial charge in [-0.3, -0.25) is 9.55 Å². The van der Waals surface area contributed by atoms with Crippen molar-refractivity contribution in [2.75, 3.05) is 0 Å². The Labute approximate surface area is 211 Å². The Kier molecular flexibility index (Phi) is 4.69. The number of imidazole rings is 1. The Morgan fingerprint density at radius 3 is 2.35 bits per heavy atom. The quantitative estimate of drug-likeness (QED) is 0.257. The zero-order chi connectivity index (χ0) is 25.1. The van der Waals surface area contributed by atoms with Crippen LogP contribution in [0.15, 0.2) is 95.5 Å². The normalized spacial score (nSPS) is 11.6. The number of nitrogens with zero attached hydrogens (tertiary/aromatic N) is 4. The van der Waals surface area contributed by atoms with Crippen LogP contribution in [-0.4, -0.2) is 19.5 Å². The lowest BCUT2D eigenvalue weighted by molar-refractivity contribution is 0.628. The number of hydrogen-bond acceptors (Lipinski definition) is 4. The van der Waals surface area contributed by atoms with Crippen LogP contribution in [0.25, 0.3) is 61.3 Å². The molecule has 7 aromatic rings. The maximum absolute atomic E-state index is 13.7. The van der Waals surface area contributed by atoms with Gasteiger partial charge in [0.15, 0.2) is 0 Å². The molecule has 0 radical (unpaired) electrons. The van der Waals surface area contributed by atoms with E-state index in [1.165, 1.54) is 12.1 Å². The number of aryl methyl sites for hydroxylation is 2. The van der Waals surface area contributed by atoms with Gasteiger partial charge < -0.3 is 4.42 Å². The van der Waals surface area contributed by atoms with Gasteiger partial charge in [-0.05, 0) is 79.6 Å². The number of halogens is 1. The van der Waals surface area contributed by atoms with E-state index < -0.39 is 0 Å². The Morgan fingerprint density at radius 2 is 1.54 bits per heavy atom. The average Bonchev–Trinajstić information content (AvgIpc) is 3.47. The Bertz CT molecular complexity index is 1950. The molecule has 0 saturated heterocycles. The molecule has 0 unspecified atom stereocenters. The van der Waals surface area contributed by atoms with Crippen molar-refractivity contribution < 1.29 is 8.81 Å². The van der Waals surface area contributed by atoms with E-state index in [4.69, 9.17) is 9.40 Å². The van der Waals surface area contributed by atoms with Gasteiger partial charge in [-0.2, -0.15) is 0 Å². The molecule has 0 amide bonds. The summed E-state index contributed by atoms with van der Waals surface area (Å²) in [5.41, 5.74) is 8.67. The summed E-state index contributed by atoms with van der Waals surface area (Å²) in [5.74, 6) is 0.493. The summed E-state index contributed by atoms with van der Waals surface area (Å²) in [7, 11) is 0. The molecule has 4 aromatic heterocycles. The summed E-state index contributed by atoms with van der Waals surface area (Å²) in [6.07, 6.45) is 1.72. The van der Waals surface area contributed by atoms with Gasteiger partial charge in [-0.25, -0.2) is 14.4 Å². The van der Waals surface area contributed by atoms with Crippen molar-refractivity contribution in [3.63, 3.8) is 0 Å². The molecule has 37 heavy (non-hydrogen) atoms. The first-order chi connectivity index (χ1) is 18.1. The first-order valence-corrected chi connectivity index (χ1v) is 12.1. The van der Waals surface area contributed by atoms with Gasteiger partial charge in [0.25, 0.3) is 0 Å². The van der Waals surface area contributed by atoms with Gasteiger partial charge in [0.2, 0.25) is 5.71 Å². The van der Waals surface area contributed by atoms with E-state index in [2.05, 4.69) is 38.8 Å². The van der Waals surface area contributed by atoms with Gasteiger partial charge in [-0.15, -0.1) is 0 Å². The van der Waals surface area contributed by atoms with E-state index in [1.54, 1.807) is 18.3 Å². The molecule has 178 valence electrons. The summed E-state index contributed by atoms with van der Waals surface area (Å²) in [5, 5.41) is 1.82. The Morgan fingerprint density at radius 1 is 0.784 bits per heavy atom. The Hall–Kier alpha value is -4.84. The SMILES string of the molecule is Cc1cc(-n2c(-c3ccc(-c4ccc(F)cc4)c4c3oc3ncccc34)nc3ccccc32)cc(C)n1. The highest BCUT2D eigenvalue weighted by Gasteiger charge is 2.22. The van der Waals surface area contributed by atoms with Crippen LogP contribution in [0.1, 0.15) is 11.4 Å². The summed E-state index contributed by atoms with van der Waals surface area (Å²) in [6, 6.07) is 26.7. The lowest BCUT2D eigenvalue weighted by Gasteiger charge is -2.13. The highest BCUT2D eigenvalue weighted by atomic mass is 19.1. The monoisotopic (exact) mass is 484 g/mol. The third-order valence-electron chi connectivity index (χ3n) is 6.68. The van der Waals surface area contributed by atoms with Crippen LogP contribution >= 0.6 is 0 Å². The van der Waals surface area contributed by atoms with E-state index in [0.717, 1.165) is 61.4 Å². The predicted molar refractivity (Wildman–Crippen MR) is 144 cm³/mol. The third kappa shape index (κ3) is 3.41. The molecule has 5 nitrogen and oxygen atoms in total. The van der Waals surface area contributed by atoms with Crippen LogP contribution in [0.5, 0.6) is 0 Å². The predicted octanol–water partition coefficient (Wildman–Crippen LogP) is 7.80. The average molecular weight is 485 g/mol. The van der Waals surface area contributed by atoms with Crippen LogP contribution in [0.3, 0.4) is 0 Å². The van der Waals surface area contributed by atoms with Crippen molar-refractivity contribution in [2.45, 2.75) is 13.8 Å². The second kappa shape index (κ2) is 8.10. The summed E-state index contributed by atoms with van der Waals surface area (Å²) in [6.45, 7) is 3.99. The minimum absolute atomic E-state index is 0.271. The van der Waals surface area contributed by atoms with E-state index in [-0.39, 0.29) is 5.82 Å². The second-order valence-electron chi connectivity index (χ2n) is 9.20. The van der Waals surface area contributed by atoms with Crippen molar-refractivity contribution in [3.05, 3.63) is 108 Å². The minimum atomic E-state index is -0.271. The molecule has 6 heteroatoms. The van der Waals surface area contributed by atoms with Crippen LogP contribution in [0.2, 0.25) is 0 Å². The number of hydrogen-bond donors (Lipinski definition) is 0. The molecule has 0 aliphatic heterocycles. The molecule has 0 aliphatic carbocycles. The van der Waals surface area contributed by atoms with Crippen molar-refractivity contribution >= 4 is 33.1 Å². The number of aromatic nitrogens is 4. The second-order valence-corrected chi connectivity index (χ2v) is 9.20. The largest absolute Gasteiger partial charge is 0.437 e. The van der Waals surface area contributed by atoms with Crippen molar-refractivity contribution in [1.82, 2.24) is 19.5 Å². The summed E-state index contributed by atoms with van der Waals surface area (Å²) < 4.78 is 22.3. The van der Waals surface area contributed by atoms with Crippen LogP contribution in [0.4, 0.5) is 4.39 Å². The van der Waals surface area contributed by atoms with Gasteiger partial charge >= 0.3 is 0 Å². The zero-order valence-corrected chi connectivity index (χ0v) is 20.2. The van der Waals surface area contributed by atoms with E-state index in [1.807, 2.05) is 50.2 Å². The topological polar surface area (TPSA) is 56.7 Å². The maximum atomic E-state index is 13.7. The molecule has 7 rings (SSSR count). The standard InChI is InChI=1S/C31H21FN4O/c1-18-16-22(17-19(2)34-18)36-27-8-4-3-7-26(27)35-30(36)25-14-13-23(20-9-11-21(32)12-10-20)28-24-6-5-15-33-31(24)37-29(25)28/h3-17H,1-2H3. The van der Waals surface area contributed by atoms with E-state index >= 15 is 0 Å². The van der Waals surface area contributed by atoms with Gasteiger partial charge in [-0.1, -0.05) is 30.3 Å². The van der Waals surface area contributed by atoms with Gasteiger partial charge in [0, 0.05) is 28.4 Å². The van der Waals surface area contributed by atoms with Gasteiger partial charge in [0.1, 0.15) is 17.2 Å². The molecule has 0 spiro atoms. The maximum Gasteiger partial charge on any atom is 0.227 e. The molecule has 0 saturated carbocycles. The number of fused-ring (bicyclic) bond motifs is 4. The number of pyridine rings is 2. The first kappa shape index (κ1) is 21.4. The molecular formula is C31H21FN4O. The fourth-order valence-electron chi connectivity index (χ4n) is 5.17. The number of benzene rings is 3. The van der Waals surface area contributed by atoms with Crippen LogP contribution in [0, 0.1) is 19.7 Å². The highest BCUT2D eigenvalue weighted by molar-refractivity contribution is 6.15. The molecule has 0 N–H and O–H groups in total. The molecule has 4 heterocycles. The molecule has 0 bridgehead atoms. The number of rotatable bonds is 3. The smallest absolute Gasteiger partial charge is 0.227 e. The molecule has 0 atom stereocenters. The zero-order valence-electron chi connectivity index (χ0n) is 20.2. The molecule has 3 aromatic carbocycles. The van der Waals surface area contributed by atoms with Crippen LogP contribution < -0.4 is 0 Å². The molecular weight excluding hydrogens is 463 g/mol. The number of furan rings is 1. The molecule has 0 fully saturated rings. The highest BCUT2D eigenvalue weighted by Crippen LogP contribution is 2.42. The Balaban J connectivity index is 1.59. The van der Waals surface area contributed by atoms with Gasteiger partial charge in [0.05, 0.1) is 22.3 Å². The van der Waals surface area contributed by atoms with Crippen LogP contribution in [-0.2, 0) is 0 Å². The minimum Gasteiger partial charge on any atom is -0.437 e. The van der Waals surface area contributed by atoms with E-state index in [9.17, 15) is 4.39 Å². The summed E-state index contributed by atoms with van der Waals surface area (Å²) >= 11 is 0. The fourth-order valence-corrected chi connectivity index (χ4v) is 5.17. The summed E-state index contributed by atoms with van der Waals surface area (Å²) in [4.78, 5) is 14.1.